The minimum atomic E-state index is -0.874. The van der Waals surface area contributed by atoms with Gasteiger partial charge in [0.15, 0.2) is 0 Å². The van der Waals surface area contributed by atoms with Gasteiger partial charge in [-0.25, -0.2) is 0 Å². The van der Waals surface area contributed by atoms with Gasteiger partial charge in [-0.3, -0.25) is 4.79 Å². The lowest BCUT2D eigenvalue weighted by Crippen LogP contribution is -2.21. The molecule has 1 rings (SSSR count). The van der Waals surface area contributed by atoms with Crippen molar-refractivity contribution in [2.24, 2.45) is 0 Å². The zero-order valence-electron chi connectivity index (χ0n) is 10.5. The largest absolute Gasteiger partial charge is 0.481 e. The molecule has 3 nitrogen and oxygen atoms in total. The highest BCUT2D eigenvalue weighted by molar-refractivity contribution is 5.67. The van der Waals surface area contributed by atoms with E-state index in [4.69, 9.17) is 16.3 Å². The molecule has 0 bridgehead atoms. The second kappa shape index (κ2) is 7.52. The van der Waals surface area contributed by atoms with E-state index >= 15 is 0 Å². The third-order valence-electron chi connectivity index (χ3n) is 2.58. The number of carboxylic acid groups (broad SMARTS) is 1. The number of ether oxygens (including phenoxy) is 1. The predicted molar refractivity (Wildman–Crippen MR) is 70.2 cm³/mol. The molecule has 1 aromatic rings. The van der Waals surface area contributed by atoms with Crippen LogP contribution < -0.4 is 0 Å². The van der Waals surface area contributed by atoms with Crippen molar-refractivity contribution in [1.82, 2.24) is 0 Å². The molecule has 0 amide bonds. The Morgan fingerprint density at radius 1 is 1.44 bits per heavy atom. The van der Waals surface area contributed by atoms with Gasteiger partial charge >= 0.3 is 5.97 Å². The van der Waals surface area contributed by atoms with E-state index in [9.17, 15) is 4.79 Å². The second-order valence-corrected chi connectivity index (χ2v) is 4.22. The van der Waals surface area contributed by atoms with Crippen molar-refractivity contribution >= 4 is 5.97 Å². The maximum atomic E-state index is 10.5. The van der Waals surface area contributed by atoms with E-state index in [0.29, 0.717) is 6.42 Å². The minimum absolute atomic E-state index is 0.0243. The van der Waals surface area contributed by atoms with Crippen molar-refractivity contribution in [3.05, 3.63) is 35.9 Å². The molecule has 0 spiro atoms. The average Bonchev–Trinajstić information content (AvgIpc) is 2.34. The summed E-state index contributed by atoms with van der Waals surface area (Å²) in [5.74, 6) is 1.69. The molecule has 0 saturated heterocycles. The molecule has 2 atom stereocenters. The highest BCUT2D eigenvalue weighted by Gasteiger charge is 2.13. The smallest absolute Gasteiger partial charge is 0.305 e. The number of hydrogen-bond donors (Lipinski definition) is 1. The molecule has 1 N–H and O–H groups in total. The molecule has 2 unspecified atom stereocenters. The van der Waals surface area contributed by atoms with Crippen LogP contribution in [-0.2, 0) is 16.0 Å². The topological polar surface area (TPSA) is 46.5 Å². The van der Waals surface area contributed by atoms with Crippen LogP contribution in [0.3, 0.4) is 0 Å². The summed E-state index contributed by atoms with van der Waals surface area (Å²) in [5.41, 5.74) is 1.20. The van der Waals surface area contributed by atoms with Crippen LogP contribution in [0.15, 0.2) is 30.3 Å². The van der Waals surface area contributed by atoms with Gasteiger partial charge in [0.2, 0.25) is 0 Å². The van der Waals surface area contributed by atoms with Crippen LogP contribution in [-0.4, -0.2) is 23.3 Å². The molecule has 0 aliphatic heterocycles. The Balaban J connectivity index is 2.39. The standard InChI is InChI=1S/C15H18O3/c1-3-14(18-12(2)11-15(16)17)10-9-13-7-5-4-6-8-13/h1,4-8,12,14H,9-11H2,2H3,(H,16,17). The minimum Gasteiger partial charge on any atom is -0.481 e. The Labute approximate surface area is 108 Å². The molecule has 0 saturated carbocycles. The summed E-state index contributed by atoms with van der Waals surface area (Å²) in [7, 11) is 0. The fourth-order valence-electron chi connectivity index (χ4n) is 1.71. The molecule has 0 aromatic heterocycles. The molecule has 0 fully saturated rings. The van der Waals surface area contributed by atoms with Gasteiger partial charge in [-0.2, -0.15) is 0 Å². The highest BCUT2D eigenvalue weighted by atomic mass is 16.5. The first kappa shape index (κ1) is 14.3. The quantitative estimate of drug-likeness (QED) is 0.752. The van der Waals surface area contributed by atoms with Crippen molar-refractivity contribution in [3.8, 4) is 12.3 Å². The van der Waals surface area contributed by atoms with Gasteiger partial charge in [0.25, 0.3) is 0 Å². The summed E-state index contributed by atoms with van der Waals surface area (Å²) in [6.45, 7) is 1.72. The van der Waals surface area contributed by atoms with Crippen molar-refractivity contribution in [1.29, 1.82) is 0 Å². The summed E-state index contributed by atoms with van der Waals surface area (Å²) in [4.78, 5) is 10.5. The molecule has 3 heteroatoms. The lowest BCUT2D eigenvalue weighted by Gasteiger charge is -2.17. The molecule has 1 aromatic carbocycles. The summed E-state index contributed by atoms with van der Waals surface area (Å²) in [5, 5.41) is 8.65. The van der Waals surface area contributed by atoms with E-state index in [1.54, 1.807) is 6.92 Å². The van der Waals surface area contributed by atoms with Crippen LogP contribution in [0.1, 0.15) is 25.3 Å². The van der Waals surface area contributed by atoms with Crippen molar-refractivity contribution in [3.63, 3.8) is 0 Å². The fraction of sp³-hybridized carbons (Fsp3) is 0.400. The second-order valence-electron chi connectivity index (χ2n) is 4.22. The molecule has 0 aliphatic carbocycles. The number of rotatable bonds is 7. The van der Waals surface area contributed by atoms with Crippen LogP contribution in [0, 0.1) is 12.3 Å². The van der Waals surface area contributed by atoms with Crippen LogP contribution in [0.25, 0.3) is 0 Å². The third-order valence-corrected chi connectivity index (χ3v) is 2.58. The number of aryl methyl sites for hydroxylation is 1. The molecule has 0 heterocycles. The van der Waals surface area contributed by atoms with E-state index in [2.05, 4.69) is 5.92 Å². The van der Waals surface area contributed by atoms with Crippen LogP contribution in [0.2, 0.25) is 0 Å². The maximum Gasteiger partial charge on any atom is 0.305 e. The number of aliphatic carboxylic acids is 1. The van der Waals surface area contributed by atoms with Crippen molar-refractivity contribution in [2.75, 3.05) is 0 Å². The zero-order chi connectivity index (χ0) is 13.4. The lowest BCUT2D eigenvalue weighted by atomic mass is 10.1. The number of carboxylic acids is 1. The Morgan fingerprint density at radius 2 is 2.11 bits per heavy atom. The van der Waals surface area contributed by atoms with Crippen LogP contribution >= 0.6 is 0 Å². The first-order chi connectivity index (χ1) is 8.61. The third kappa shape index (κ3) is 5.51. The summed E-state index contributed by atoms with van der Waals surface area (Å²) < 4.78 is 5.52. The SMILES string of the molecule is C#CC(CCc1ccccc1)OC(C)CC(=O)O. The van der Waals surface area contributed by atoms with Gasteiger partial charge in [-0.1, -0.05) is 36.3 Å². The molecule has 96 valence electrons. The monoisotopic (exact) mass is 246 g/mol. The zero-order valence-corrected chi connectivity index (χ0v) is 10.5. The predicted octanol–water partition coefficient (Wildman–Crippen LogP) is 2.50. The molecular weight excluding hydrogens is 228 g/mol. The first-order valence-corrected chi connectivity index (χ1v) is 5.99. The van der Waals surface area contributed by atoms with Crippen molar-refractivity contribution in [2.45, 2.75) is 38.4 Å². The number of terminal acetylenes is 1. The molecule has 0 radical (unpaired) electrons. The van der Waals surface area contributed by atoms with Gasteiger partial charge in [-0.15, -0.1) is 6.42 Å². The number of hydrogen-bond acceptors (Lipinski definition) is 2. The van der Waals surface area contributed by atoms with E-state index in [1.165, 1.54) is 5.56 Å². The van der Waals surface area contributed by atoms with Gasteiger partial charge in [-0.05, 0) is 25.3 Å². The van der Waals surface area contributed by atoms with E-state index in [0.717, 1.165) is 6.42 Å². The van der Waals surface area contributed by atoms with Gasteiger partial charge in [0, 0.05) is 0 Å². The summed E-state index contributed by atoms with van der Waals surface area (Å²) in [6.07, 6.45) is 6.20. The first-order valence-electron chi connectivity index (χ1n) is 5.99. The van der Waals surface area contributed by atoms with Crippen LogP contribution in [0.5, 0.6) is 0 Å². The molecular formula is C15H18O3. The summed E-state index contributed by atoms with van der Waals surface area (Å²) >= 11 is 0. The Kier molecular flexibility index (Phi) is 5.96. The molecule has 18 heavy (non-hydrogen) atoms. The highest BCUT2D eigenvalue weighted by Crippen LogP contribution is 2.10. The number of carbonyl (C=O) groups is 1. The Morgan fingerprint density at radius 3 is 2.67 bits per heavy atom. The van der Waals surface area contributed by atoms with Crippen molar-refractivity contribution < 1.29 is 14.6 Å². The maximum absolute atomic E-state index is 10.5. The lowest BCUT2D eigenvalue weighted by molar-refractivity contribution is -0.140. The normalized spacial score (nSPS) is 13.6. The van der Waals surface area contributed by atoms with Gasteiger partial charge in [0.1, 0.15) is 6.10 Å². The number of benzene rings is 1. The summed E-state index contributed by atoms with van der Waals surface area (Å²) in [6, 6.07) is 10.00. The van der Waals surface area contributed by atoms with E-state index in [1.807, 2.05) is 30.3 Å². The molecule has 0 aliphatic rings. The van der Waals surface area contributed by atoms with Gasteiger partial charge < -0.3 is 9.84 Å². The van der Waals surface area contributed by atoms with E-state index < -0.39 is 5.97 Å². The fourth-order valence-corrected chi connectivity index (χ4v) is 1.71. The Hall–Kier alpha value is -1.79. The van der Waals surface area contributed by atoms with Gasteiger partial charge in [0.05, 0.1) is 12.5 Å². The van der Waals surface area contributed by atoms with Crippen LogP contribution in [0.4, 0.5) is 0 Å². The Bertz CT molecular complexity index is 405. The van der Waals surface area contributed by atoms with E-state index in [-0.39, 0.29) is 18.6 Å². The average molecular weight is 246 g/mol.